The standard InChI is InChI=1S/C21H22N4O2/c1-15(2)25-19(12-13-23-25)24-20(26)14-22-21(27)18-10-8-17(9-11-18)16-6-4-3-5-7-16/h3-13,15H,14H2,1-2H3,(H,22,27)(H,24,26). The lowest BCUT2D eigenvalue weighted by atomic mass is 10.0. The highest BCUT2D eigenvalue weighted by molar-refractivity contribution is 5.99. The lowest BCUT2D eigenvalue weighted by Gasteiger charge is -2.12. The number of anilines is 1. The summed E-state index contributed by atoms with van der Waals surface area (Å²) >= 11 is 0. The summed E-state index contributed by atoms with van der Waals surface area (Å²) in [4.78, 5) is 24.4. The fraction of sp³-hybridized carbons (Fsp3) is 0.190. The molecule has 0 spiro atoms. The van der Waals surface area contributed by atoms with E-state index >= 15 is 0 Å². The number of carbonyl (C=O) groups excluding carboxylic acids is 2. The summed E-state index contributed by atoms with van der Waals surface area (Å²) in [5.41, 5.74) is 2.63. The van der Waals surface area contributed by atoms with Crippen molar-refractivity contribution in [2.75, 3.05) is 11.9 Å². The van der Waals surface area contributed by atoms with Gasteiger partial charge >= 0.3 is 0 Å². The summed E-state index contributed by atoms with van der Waals surface area (Å²) < 4.78 is 1.71. The van der Waals surface area contributed by atoms with Gasteiger partial charge in [-0.1, -0.05) is 42.5 Å². The third-order valence-corrected chi connectivity index (χ3v) is 4.09. The van der Waals surface area contributed by atoms with E-state index in [1.165, 1.54) is 0 Å². The lowest BCUT2D eigenvalue weighted by molar-refractivity contribution is -0.115. The summed E-state index contributed by atoms with van der Waals surface area (Å²) in [6, 6.07) is 19.1. The van der Waals surface area contributed by atoms with E-state index in [0.29, 0.717) is 11.4 Å². The van der Waals surface area contributed by atoms with Crippen molar-refractivity contribution in [3.8, 4) is 11.1 Å². The van der Waals surface area contributed by atoms with Gasteiger partial charge in [0.2, 0.25) is 5.91 Å². The number of hydrogen-bond donors (Lipinski definition) is 2. The Morgan fingerprint density at radius 2 is 1.63 bits per heavy atom. The maximum atomic E-state index is 12.3. The van der Waals surface area contributed by atoms with Gasteiger partial charge in [0.05, 0.1) is 12.7 Å². The summed E-state index contributed by atoms with van der Waals surface area (Å²) in [6.07, 6.45) is 1.63. The molecule has 138 valence electrons. The van der Waals surface area contributed by atoms with Crippen LogP contribution in [-0.4, -0.2) is 28.1 Å². The van der Waals surface area contributed by atoms with Gasteiger partial charge in [0.1, 0.15) is 5.82 Å². The molecule has 2 amide bonds. The van der Waals surface area contributed by atoms with Crippen molar-refractivity contribution in [3.05, 3.63) is 72.4 Å². The molecule has 1 aromatic heterocycles. The minimum Gasteiger partial charge on any atom is -0.343 e. The van der Waals surface area contributed by atoms with Gasteiger partial charge in [-0.2, -0.15) is 5.10 Å². The fourth-order valence-corrected chi connectivity index (χ4v) is 2.72. The Morgan fingerprint density at radius 3 is 2.30 bits per heavy atom. The normalized spacial score (nSPS) is 10.6. The molecule has 3 aromatic rings. The lowest BCUT2D eigenvalue weighted by Crippen LogP contribution is -2.33. The maximum Gasteiger partial charge on any atom is 0.251 e. The Bertz CT molecular complexity index is 915. The zero-order valence-electron chi connectivity index (χ0n) is 15.3. The topological polar surface area (TPSA) is 76.0 Å². The van der Waals surface area contributed by atoms with Crippen LogP contribution in [0.3, 0.4) is 0 Å². The molecule has 6 heteroatoms. The van der Waals surface area contributed by atoms with Crippen LogP contribution >= 0.6 is 0 Å². The summed E-state index contributed by atoms with van der Waals surface area (Å²) in [5, 5.41) is 9.55. The number of nitrogens with one attached hydrogen (secondary N) is 2. The van der Waals surface area contributed by atoms with E-state index in [1.54, 1.807) is 29.1 Å². The number of amides is 2. The number of carbonyl (C=O) groups is 2. The first-order valence-corrected chi connectivity index (χ1v) is 8.81. The molecule has 0 bridgehead atoms. The minimum atomic E-state index is -0.299. The van der Waals surface area contributed by atoms with Gasteiger partial charge in [-0.3, -0.25) is 9.59 Å². The predicted octanol–water partition coefficient (Wildman–Crippen LogP) is 3.50. The molecule has 0 aliphatic carbocycles. The van der Waals surface area contributed by atoms with Crippen LogP contribution in [0.2, 0.25) is 0 Å². The highest BCUT2D eigenvalue weighted by Gasteiger charge is 2.11. The second-order valence-electron chi connectivity index (χ2n) is 6.43. The van der Waals surface area contributed by atoms with Crippen LogP contribution in [0.1, 0.15) is 30.2 Å². The van der Waals surface area contributed by atoms with E-state index in [1.807, 2.05) is 56.3 Å². The molecule has 27 heavy (non-hydrogen) atoms. The number of benzene rings is 2. The van der Waals surface area contributed by atoms with Crippen molar-refractivity contribution in [1.82, 2.24) is 15.1 Å². The summed E-state index contributed by atoms with van der Waals surface area (Å²) in [6.45, 7) is 3.84. The molecule has 0 saturated heterocycles. The van der Waals surface area contributed by atoms with Crippen LogP contribution in [-0.2, 0) is 4.79 Å². The van der Waals surface area contributed by atoms with Crippen LogP contribution in [0.5, 0.6) is 0 Å². The van der Waals surface area contributed by atoms with Gasteiger partial charge < -0.3 is 10.6 Å². The third-order valence-electron chi connectivity index (χ3n) is 4.09. The number of hydrogen-bond acceptors (Lipinski definition) is 3. The van der Waals surface area contributed by atoms with Gasteiger partial charge in [0.15, 0.2) is 0 Å². The molecule has 6 nitrogen and oxygen atoms in total. The minimum absolute atomic E-state index is 0.109. The first-order chi connectivity index (χ1) is 13.0. The molecule has 0 atom stereocenters. The third kappa shape index (κ3) is 4.61. The van der Waals surface area contributed by atoms with Crippen LogP contribution in [0.15, 0.2) is 66.9 Å². The van der Waals surface area contributed by atoms with E-state index in [-0.39, 0.29) is 24.4 Å². The zero-order chi connectivity index (χ0) is 19.2. The van der Waals surface area contributed by atoms with Crippen molar-refractivity contribution in [1.29, 1.82) is 0 Å². The average Bonchev–Trinajstić information content (AvgIpc) is 3.15. The molecule has 0 fully saturated rings. The summed E-state index contributed by atoms with van der Waals surface area (Å²) in [7, 11) is 0. The Morgan fingerprint density at radius 1 is 0.963 bits per heavy atom. The fourth-order valence-electron chi connectivity index (χ4n) is 2.72. The first kappa shape index (κ1) is 18.4. The van der Waals surface area contributed by atoms with Crippen LogP contribution in [0, 0.1) is 0 Å². The molecular formula is C21H22N4O2. The second kappa shape index (κ2) is 8.31. The molecule has 0 aliphatic heterocycles. The molecule has 0 radical (unpaired) electrons. The van der Waals surface area contributed by atoms with Gasteiger partial charge in [-0.15, -0.1) is 0 Å². The summed E-state index contributed by atoms with van der Waals surface area (Å²) in [5.74, 6) is 0.0187. The van der Waals surface area contributed by atoms with Crippen LogP contribution in [0.25, 0.3) is 11.1 Å². The van der Waals surface area contributed by atoms with E-state index in [2.05, 4.69) is 15.7 Å². The Balaban J connectivity index is 1.56. The SMILES string of the molecule is CC(C)n1nccc1NC(=O)CNC(=O)c1ccc(-c2ccccc2)cc1. The highest BCUT2D eigenvalue weighted by Crippen LogP contribution is 2.19. The largest absolute Gasteiger partial charge is 0.343 e. The number of nitrogens with zero attached hydrogens (tertiary/aromatic N) is 2. The van der Waals surface area contributed by atoms with Gasteiger partial charge in [-0.05, 0) is 37.1 Å². The molecule has 0 saturated carbocycles. The van der Waals surface area contributed by atoms with E-state index in [9.17, 15) is 9.59 Å². The zero-order valence-corrected chi connectivity index (χ0v) is 15.3. The number of aromatic nitrogens is 2. The van der Waals surface area contributed by atoms with Gasteiger partial charge in [0.25, 0.3) is 5.91 Å². The molecule has 0 aliphatic rings. The highest BCUT2D eigenvalue weighted by atomic mass is 16.2. The Labute approximate surface area is 158 Å². The first-order valence-electron chi connectivity index (χ1n) is 8.81. The quantitative estimate of drug-likeness (QED) is 0.705. The molecule has 2 N–H and O–H groups in total. The van der Waals surface area contributed by atoms with Crippen LogP contribution in [0.4, 0.5) is 5.82 Å². The predicted molar refractivity (Wildman–Crippen MR) is 105 cm³/mol. The van der Waals surface area contributed by atoms with Crippen molar-refractivity contribution in [3.63, 3.8) is 0 Å². The smallest absolute Gasteiger partial charge is 0.251 e. The van der Waals surface area contributed by atoms with E-state index in [0.717, 1.165) is 11.1 Å². The van der Waals surface area contributed by atoms with Crippen LogP contribution < -0.4 is 10.6 Å². The van der Waals surface area contributed by atoms with Crippen molar-refractivity contribution in [2.24, 2.45) is 0 Å². The Kier molecular flexibility index (Phi) is 5.66. The monoisotopic (exact) mass is 362 g/mol. The van der Waals surface area contributed by atoms with Crippen molar-refractivity contribution >= 4 is 17.6 Å². The molecule has 1 heterocycles. The molecule has 0 unspecified atom stereocenters. The molecule has 2 aromatic carbocycles. The van der Waals surface area contributed by atoms with Crippen molar-refractivity contribution in [2.45, 2.75) is 19.9 Å². The second-order valence-corrected chi connectivity index (χ2v) is 6.43. The number of rotatable bonds is 6. The molecular weight excluding hydrogens is 340 g/mol. The average molecular weight is 362 g/mol. The van der Waals surface area contributed by atoms with Gasteiger partial charge in [0, 0.05) is 17.7 Å². The van der Waals surface area contributed by atoms with E-state index in [4.69, 9.17) is 0 Å². The molecule has 3 rings (SSSR count). The van der Waals surface area contributed by atoms with Crippen molar-refractivity contribution < 1.29 is 9.59 Å². The van der Waals surface area contributed by atoms with E-state index < -0.39 is 0 Å². The Hall–Kier alpha value is -3.41. The maximum absolute atomic E-state index is 12.3. The van der Waals surface area contributed by atoms with Gasteiger partial charge in [-0.25, -0.2) is 4.68 Å².